The van der Waals surface area contributed by atoms with Gasteiger partial charge in [-0.1, -0.05) is 18.2 Å². The van der Waals surface area contributed by atoms with Gasteiger partial charge < -0.3 is 26.0 Å². The van der Waals surface area contributed by atoms with Crippen LogP contribution in [0.2, 0.25) is 0 Å². The fraction of sp³-hybridized carbons (Fsp3) is 0.400. The summed E-state index contributed by atoms with van der Waals surface area (Å²) in [5, 5.41) is 18.4. The number of aliphatic carboxylic acids is 1. The van der Waals surface area contributed by atoms with Crippen molar-refractivity contribution >= 4 is 33.5 Å². The number of carboxylic acid groups (broad SMARTS) is 1. The van der Waals surface area contributed by atoms with E-state index in [4.69, 9.17) is 0 Å². The topological polar surface area (TPSA) is 152 Å². The van der Waals surface area contributed by atoms with Crippen molar-refractivity contribution in [2.45, 2.75) is 36.2 Å². The average Bonchev–Trinajstić information content (AvgIpc) is 2.92. The van der Waals surface area contributed by atoms with Crippen LogP contribution >= 0.6 is 0 Å². The molecule has 0 bridgehead atoms. The molecule has 204 valence electrons. The van der Waals surface area contributed by atoms with Crippen molar-refractivity contribution in [2.24, 2.45) is 4.99 Å². The molecule has 2 aromatic rings. The molecular formula is C25H31FN6O5S. The zero-order chi connectivity index (χ0) is 27.1. The summed E-state index contributed by atoms with van der Waals surface area (Å²) in [5.74, 6) is -2.00. The summed E-state index contributed by atoms with van der Waals surface area (Å²) in [6.45, 7) is 2.36. The second-order valence-electron chi connectivity index (χ2n) is 9.14. The van der Waals surface area contributed by atoms with Gasteiger partial charge in [0.1, 0.15) is 11.9 Å². The predicted molar refractivity (Wildman–Crippen MR) is 140 cm³/mol. The van der Waals surface area contributed by atoms with Crippen LogP contribution in [0.25, 0.3) is 0 Å². The number of hydrogen-bond acceptors (Lipinski definition) is 8. The summed E-state index contributed by atoms with van der Waals surface area (Å²) in [6.07, 6.45) is 2.79. The number of anilines is 1. The summed E-state index contributed by atoms with van der Waals surface area (Å²) in [5.41, 5.74) is 0.361. The second kappa shape index (κ2) is 12.2. The molecule has 11 nitrogen and oxygen atoms in total. The van der Waals surface area contributed by atoms with Crippen LogP contribution in [0.1, 0.15) is 29.6 Å². The van der Waals surface area contributed by atoms with Crippen molar-refractivity contribution in [3.63, 3.8) is 0 Å². The number of halogens is 1. The van der Waals surface area contributed by atoms with Crippen molar-refractivity contribution < 1.29 is 27.5 Å². The van der Waals surface area contributed by atoms with Crippen LogP contribution < -0.4 is 25.6 Å². The van der Waals surface area contributed by atoms with Crippen LogP contribution in [-0.4, -0.2) is 76.2 Å². The Balaban J connectivity index is 1.36. The van der Waals surface area contributed by atoms with Gasteiger partial charge in [-0.15, -0.1) is 0 Å². The van der Waals surface area contributed by atoms with Gasteiger partial charge in [-0.3, -0.25) is 14.6 Å². The Bertz CT molecular complexity index is 1290. The predicted octanol–water partition coefficient (Wildman–Crippen LogP) is 0.895. The Hall–Kier alpha value is -3.71. The number of carbonyl (C=O) groups excluding carboxylic acids is 1. The first-order valence-electron chi connectivity index (χ1n) is 12.4. The smallest absolute Gasteiger partial charge is 0.323 e. The molecule has 1 fully saturated rings. The number of carbonyl (C=O) groups is 2. The normalized spacial score (nSPS) is 18.6. The number of hydrogen-bond donors (Lipinski definition) is 5. The molecule has 1 saturated heterocycles. The highest BCUT2D eigenvalue weighted by atomic mass is 32.2. The number of piperidine rings is 1. The Labute approximate surface area is 220 Å². The first-order valence-corrected chi connectivity index (χ1v) is 13.9. The lowest BCUT2D eigenvalue weighted by atomic mass is 10.0. The number of nitrogens with one attached hydrogen (secondary N) is 4. The summed E-state index contributed by atoms with van der Waals surface area (Å²) in [7, 11) is -4.12. The number of rotatable bonds is 9. The lowest BCUT2D eigenvalue weighted by Gasteiger charge is -2.36. The van der Waals surface area contributed by atoms with Crippen LogP contribution in [0, 0.1) is 5.82 Å². The second-order valence-corrected chi connectivity index (χ2v) is 10.9. The number of carboxylic acids is 1. The Morgan fingerprint density at radius 1 is 1.18 bits per heavy atom. The van der Waals surface area contributed by atoms with E-state index >= 15 is 4.39 Å². The third-order valence-corrected chi connectivity index (χ3v) is 7.81. The summed E-state index contributed by atoms with van der Waals surface area (Å²) in [6, 6.07) is 9.86. The van der Waals surface area contributed by atoms with Gasteiger partial charge in [0, 0.05) is 44.3 Å². The molecule has 2 unspecified atom stereocenters. The molecule has 2 aromatic carbocycles. The number of sulfonamides is 1. The molecule has 0 aliphatic carbocycles. The van der Waals surface area contributed by atoms with Gasteiger partial charge in [0.05, 0.1) is 10.6 Å². The van der Waals surface area contributed by atoms with Gasteiger partial charge in [-0.2, -0.15) is 4.72 Å². The molecule has 2 heterocycles. The molecule has 38 heavy (non-hydrogen) atoms. The van der Waals surface area contributed by atoms with E-state index < -0.39 is 40.3 Å². The molecule has 4 rings (SSSR count). The molecule has 2 aliphatic rings. The molecule has 13 heteroatoms. The summed E-state index contributed by atoms with van der Waals surface area (Å²) < 4.78 is 42.1. The summed E-state index contributed by atoms with van der Waals surface area (Å²) >= 11 is 0. The molecule has 0 saturated carbocycles. The number of aliphatic imine (C=N–C) groups is 1. The third kappa shape index (κ3) is 6.98. The molecule has 2 aliphatic heterocycles. The van der Waals surface area contributed by atoms with Gasteiger partial charge in [0.2, 0.25) is 10.0 Å². The van der Waals surface area contributed by atoms with Crippen LogP contribution in [0.5, 0.6) is 0 Å². The largest absolute Gasteiger partial charge is 0.480 e. The Morgan fingerprint density at radius 3 is 2.66 bits per heavy atom. The lowest BCUT2D eigenvalue weighted by molar-refractivity contribution is -0.138. The van der Waals surface area contributed by atoms with Crippen LogP contribution in [0.4, 0.5) is 10.1 Å². The van der Waals surface area contributed by atoms with E-state index in [0.29, 0.717) is 18.8 Å². The molecule has 0 radical (unpaired) electrons. The minimum atomic E-state index is -4.12. The van der Waals surface area contributed by atoms with Crippen molar-refractivity contribution in [1.82, 2.24) is 20.7 Å². The number of amides is 1. The van der Waals surface area contributed by atoms with E-state index in [0.717, 1.165) is 44.4 Å². The fourth-order valence-corrected chi connectivity index (χ4v) is 5.58. The van der Waals surface area contributed by atoms with Gasteiger partial charge in [0.25, 0.3) is 5.91 Å². The van der Waals surface area contributed by atoms with Crippen molar-refractivity contribution in [1.29, 1.82) is 0 Å². The number of guanidine groups is 1. The molecule has 0 aromatic heterocycles. The molecule has 0 spiro atoms. The highest BCUT2D eigenvalue weighted by Gasteiger charge is 2.27. The number of nitrogens with zero attached hydrogens (tertiary/aromatic N) is 2. The van der Waals surface area contributed by atoms with Gasteiger partial charge >= 0.3 is 5.97 Å². The van der Waals surface area contributed by atoms with Crippen LogP contribution in [0.15, 0.2) is 58.4 Å². The minimum absolute atomic E-state index is 0.00579. The SMILES string of the molecule is O=C(NCC(NS(=O)(=O)c1ccccc1)C(=O)O)c1ccc(N2CCCC(NC3=NCCCN3)C2)c(F)c1. The van der Waals surface area contributed by atoms with Gasteiger partial charge in [-0.25, -0.2) is 12.8 Å². The van der Waals surface area contributed by atoms with Crippen LogP contribution in [-0.2, 0) is 14.8 Å². The standard InChI is InChI=1S/C25H31FN6O5S/c26-20-14-17(9-10-22(20)32-13-4-6-18(16-32)30-25-27-11-5-12-28-25)23(33)29-15-21(24(34)35)31-38(36,37)19-7-2-1-3-8-19/h1-3,7-10,14,18,21,31H,4-6,11-13,15-16H2,(H,29,33)(H,34,35)(H2,27,28,30). The van der Waals surface area contributed by atoms with Crippen molar-refractivity contribution in [3.8, 4) is 0 Å². The maximum Gasteiger partial charge on any atom is 0.323 e. The van der Waals surface area contributed by atoms with E-state index in [2.05, 4.69) is 25.7 Å². The maximum atomic E-state index is 15.1. The van der Waals surface area contributed by atoms with E-state index in [-0.39, 0.29) is 16.5 Å². The van der Waals surface area contributed by atoms with E-state index in [1.54, 1.807) is 6.07 Å². The molecule has 5 N–H and O–H groups in total. The van der Waals surface area contributed by atoms with Crippen molar-refractivity contribution in [3.05, 3.63) is 59.9 Å². The highest BCUT2D eigenvalue weighted by molar-refractivity contribution is 7.89. The average molecular weight is 547 g/mol. The van der Waals surface area contributed by atoms with E-state index in [1.807, 2.05) is 4.90 Å². The minimum Gasteiger partial charge on any atom is -0.480 e. The molecule has 2 atom stereocenters. The maximum absolute atomic E-state index is 15.1. The van der Waals surface area contributed by atoms with Gasteiger partial charge in [-0.05, 0) is 49.6 Å². The van der Waals surface area contributed by atoms with Crippen LogP contribution in [0.3, 0.4) is 0 Å². The van der Waals surface area contributed by atoms with Gasteiger partial charge in [0.15, 0.2) is 5.96 Å². The fourth-order valence-electron chi connectivity index (χ4n) is 4.37. The first-order chi connectivity index (χ1) is 18.2. The zero-order valence-corrected chi connectivity index (χ0v) is 21.5. The first kappa shape index (κ1) is 27.3. The Kier molecular flexibility index (Phi) is 8.79. The number of benzene rings is 2. The third-order valence-electron chi connectivity index (χ3n) is 6.33. The Morgan fingerprint density at radius 2 is 1.97 bits per heavy atom. The zero-order valence-electron chi connectivity index (χ0n) is 20.7. The van der Waals surface area contributed by atoms with E-state index in [1.165, 1.54) is 36.4 Å². The quantitative estimate of drug-likeness (QED) is 0.311. The van der Waals surface area contributed by atoms with Crippen molar-refractivity contribution in [2.75, 3.05) is 37.6 Å². The molecular weight excluding hydrogens is 515 g/mol. The molecule has 1 amide bonds. The summed E-state index contributed by atoms with van der Waals surface area (Å²) in [4.78, 5) is 30.5. The monoisotopic (exact) mass is 546 g/mol. The van der Waals surface area contributed by atoms with E-state index in [9.17, 15) is 23.1 Å². The highest BCUT2D eigenvalue weighted by Crippen LogP contribution is 2.24. The lowest BCUT2D eigenvalue weighted by Crippen LogP contribution is -2.52.